The van der Waals surface area contributed by atoms with Crippen LogP contribution in [-0.2, 0) is 4.79 Å². The number of hydrogen-bond donors (Lipinski definition) is 2. The lowest BCUT2D eigenvalue weighted by atomic mass is 9.64. The van der Waals surface area contributed by atoms with E-state index < -0.39 is 0 Å². The molecule has 198 valence electrons. The van der Waals surface area contributed by atoms with Gasteiger partial charge in [-0.05, 0) is 74.7 Å². The van der Waals surface area contributed by atoms with Gasteiger partial charge in [-0.2, -0.15) is 0 Å². The van der Waals surface area contributed by atoms with Crippen molar-refractivity contribution in [2.24, 2.45) is 40.3 Å². The van der Waals surface area contributed by atoms with Gasteiger partial charge < -0.3 is 5.73 Å². The van der Waals surface area contributed by atoms with Crippen LogP contribution in [0.15, 0.2) is 4.99 Å². The lowest BCUT2D eigenvalue weighted by Gasteiger charge is -2.54. The fraction of sp³-hybridized carbons (Fsp3) is 0.933. The Morgan fingerprint density at radius 2 is 1.51 bits per heavy atom. The van der Waals surface area contributed by atoms with Crippen molar-refractivity contribution in [3.63, 3.8) is 0 Å². The van der Waals surface area contributed by atoms with E-state index in [9.17, 15) is 4.79 Å². The Morgan fingerprint density at radius 1 is 0.829 bits per heavy atom. The Kier molecular flexibility index (Phi) is 8.73. The molecule has 0 aromatic rings. The Morgan fingerprint density at radius 3 is 2.29 bits per heavy atom. The van der Waals surface area contributed by atoms with Gasteiger partial charge >= 0.3 is 0 Å². The van der Waals surface area contributed by atoms with Gasteiger partial charge in [0.05, 0.1) is 6.04 Å². The maximum Gasteiger partial charge on any atom is 0.246 e. The number of hydrogen-bond acceptors (Lipinski definition) is 4. The molecule has 8 atom stereocenters. The number of carbonyl (C=O) groups is 1. The number of unbranched alkanes of at least 4 members (excludes halogenated alkanes) is 9. The SMILES string of the molecule is CCCCCCCCCCCCN1C2CC3C(CC4CCCCC43)CC2CC2N=C(N)NC(=O)C21. The minimum atomic E-state index is -0.0952. The second-order valence-corrected chi connectivity index (χ2v) is 12.8. The van der Waals surface area contributed by atoms with Gasteiger partial charge in [-0.25, -0.2) is 4.99 Å². The van der Waals surface area contributed by atoms with Gasteiger partial charge in [0.15, 0.2) is 5.96 Å². The van der Waals surface area contributed by atoms with Crippen molar-refractivity contribution in [2.75, 3.05) is 6.54 Å². The molecule has 0 bridgehead atoms. The normalized spacial score (nSPS) is 38.7. The van der Waals surface area contributed by atoms with Crippen LogP contribution in [0.5, 0.6) is 0 Å². The van der Waals surface area contributed by atoms with E-state index in [2.05, 4.69) is 17.1 Å². The molecule has 2 aliphatic heterocycles. The summed E-state index contributed by atoms with van der Waals surface area (Å²) < 4.78 is 0. The summed E-state index contributed by atoms with van der Waals surface area (Å²) in [6, 6.07) is 0.549. The number of nitrogens with zero attached hydrogens (tertiary/aromatic N) is 2. The summed E-state index contributed by atoms with van der Waals surface area (Å²) in [6.07, 6.45) is 24.7. The third-order valence-corrected chi connectivity index (χ3v) is 10.7. The number of nitrogens with one attached hydrogen (secondary N) is 1. The van der Waals surface area contributed by atoms with E-state index in [1.807, 2.05) is 0 Å². The van der Waals surface area contributed by atoms with Crippen LogP contribution in [0.25, 0.3) is 0 Å². The molecule has 5 heteroatoms. The standard InChI is InChI=1S/C30H52N4O/c1-2-3-4-5-6-7-8-9-10-13-16-34-27-20-25-22(17-21-14-11-12-15-24(21)25)18-23(27)19-26-28(34)29(35)33-30(31)32-26/h21-28H,2-20H2,1H3,(H3,31,32,33,35). The van der Waals surface area contributed by atoms with Crippen molar-refractivity contribution in [1.29, 1.82) is 0 Å². The molecule has 5 rings (SSSR count). The highest BCUT2D eigenvalue weighted by molar-refractivity contribution is 6.01. The van der Waals surface area contributed by atoms with E-state index in [0.717, 1.165) is 36.6 Å². The second-order valence-electron chi connectivity index (χ2n) is 12.8. The van der Waals surface area contributed by atoms with Crippen LogP contribution < -0.4 is 11.1 Å². The maximum atomic E-state index is 13.1. The summed E-state index contributed by atoms with van der Waals surface area (Å²) in [5, 5.41) is 2.88. The van der Waals surface area contributed by atoms with Crippen molar-refractivity contribution < 1.29 is 4.79 Å². The van der Waals surface area contributed by atoms with Crippen molar-refractivity contribution in [3.8, 4) is 0 Å². The van der Waals surface area contributed by atoms with Crippen LogP contribution in [0.1, 0.15) is 122 Å². The molecule has 0 radical (unpaired) electrons. The first-order valence-corrected chi connectivity index (χ1v) is 15.6. The number of aliphatic imine (C=N–C) groups is 1. The third kappa shape index (κ3) is 5.75. The predicted molar refractivity (Wildman–Crippen MR) is 144 cm³/mol. The van der Waals surface area contributed by atoms with Gasteiger partial charge in [0.25, 0.3) is 0 Å². The average Bonchev–Trinajstić information content (AvgIpc) is 3.20. The Bertz CT molecular complexity index is 738. The molecule has 35 heavy (non-hydrogen) atoms. The summed E-state index contributed by atoms with van der Waals surface area (Å²) in [6.45, 7) is 3.35. The maximum absolute atomic E-state index is 13.1. The molecule has 0 spiro atoms. The molecular weight excluding hydrogens is 432 g/mol. The van der Waals surface area contributed by atoms with E-state index >= 15 is 0 Å². The van der Waals surface area contributed by atoms with Crippen LogP contribution in [0.2, 0.25) is 0 Å². The first-order chi connectivity index (χ1) is 17.2. The number of carbonyl (C=O) groups excluding carboxylic acids is 1. The van der Waals surface area contributed by atoms with Crippen molar-refractivity contribution in [2.45, 2.75) is 141 Å². The number of nitrogens with two attached hydrogens (primary N) is 1. The second kappa shape index (κ2) is 12.0. The minimum absolute atomic E-state index is 0.0633. The number of likely N-dealkylation sites (tertiary alicyclic amines) is 1. The molecule has 5 aliphatic rings. The third-order valence-electron chi connectivity index (χ3n) is 10.7. The van der Waals surface area contributed by atoms with Crippen molar-refractivity contribution in [3.05, 3.63) is 0 Å². The van der Waals surface area contributed by atoms with E-state index in [1.54, 1.807) is 0 Å². The average molecular weight is 485 g/mol. The van der Waals surface area contributed by atoms with Gasteiger partial charge in [-0.15, -0.1) is 0 Å². The molecule has 3 saturated carbocycles. The Hall–Kier alpha value is -1.10. The molecule has 1 saturated heterocycles. The summed E-state index contributed by atoms with van der Waals surface area (Å²) >= 11 is 0. The van der Waals surface area contributed by atoms with Gasteiger partial charge in [0, 0.05) is 6.04 Å². The van der Waals surface area contributed by atoms with Crippen LogP contribution in [0, 0.1) is 29.6 Å². The number of amides is 1. The molecule has 0 aromatic carbocycles. The largest absolute Gasteiger partial charge is 0.370 e. The highest BCUT2D eigenvalue weighted by atomic mass is 16.2. The van der Waals surface area contributed by atoms with Gasteiger partial charge in [0.1, 0.15) is 6.04 Å². The van der Waals surface area contributed by atoms with Gasteiger partial charge in [-0.1, -0.05) is 84.0 Å². The topological polar surface area (TPSA) is 70.7 Å². The molecule has 2 heterocycles. The zero-order valence-electron chi connectivity index (χ0n) is 22.4. The number of guanidine groups is 1. The van der Waals surface area contributed by atoms with Gasteiger partial charge in [0.2, 0.25) is 5.91 Å². The smallest absolute Gasteiger partial charge is 0.246 e. The fourth-order valence-corrected chi connectivity index (χ4v) is 9.13. The molecule has 3 aliphatic carbocycles. The number of fused-ring (bicyclic) bond motifs is 5. The summed E-state index contributed by atoms with van der Waals surface area (Å²) in [4.78, 5) is 20.6. The van der Waals surface area contributed by atoms with Crippen molar-refractivity contribution in [1.82, 2.24) is 10.2 Å². The Balaban J connectivity index is 1.18. The van der Waals surface area contributed by atoms with Crippen LogP contribution >= 0.6 is 0 Å². The van der Waals surface area contributed by atoms with E-state index in [-0.39, 0.29) is 18.0 Å². The number of rotatable bonds is 11. The summed E-state index contributed by atoms with van der Waals surface area (Å²) in [5.41, 5.74) is 6.02. The fourth-order valence-electron chi connectivity index (χ4n) is 9.13. The molecule has 3 N–H and O–H groups in total. The lowest BCUT2D eigenvalue weighted by molar-refractivity contribution is -0.133. The van der Waals surface area contributed by atoms with E-state index in [4.69, 9.17) is 10.7 Å². The molecular formula is C30H52N4O. The monoisotopic (exact) mass is 484 g/mol. The first kappa shape index (κ1) is 25.5. The molecule has 4 fully saturated rings. The van der Waals surface area contributed by atoms with Crippen LogP contribution in [0.3, 0.4) is 0 Å². The highest BCUT2D eigenvalue weighted by Gasteiger charge is 2.55. The van der Waals surface area contributed by atoms with E-state index in [0.29, 0.717) is 17.9 Å². The van der Waals surface area contributed by atoms with Crippen LogP contribution in [-0.4, -0.2) is 41.4 Å². The van der Waals surface area contributed by atoms with Crippen molar-refractivity contribution >= 4 is 11.9 Å². The quantitative estimate of drug-likeness (QED) is 0.353. The lowest BCUT2D eigenvalue weighted by Crippen LogP contribution is -2.67. The van der Waals surface area contributed by atoms with Crippen LogP contribution in [0.4, 0.5) is 0 Å². The number of piperidine rings is 1. The zero-order valence-corrected chi connectivity index (χ0v) is 22.4. The highest BCUT2D eigenvalue weighted by Crippen LogP contribution is 2.57. The zero-order chi connectivity index (χ0) is 24.2. The molecule has 1 amide bonds. The van der Waals surface area contributed by atoms with E-state index in [1.165, 1.54) is 109 Å². The summed E-state index contributed by atoms with van der Waals surface area (Å²) in [7, 11) is 0. The minimum Gasteiger partial charge on any atom is -0.370 e. The molecule has 8 unspecified atom stereocenters. The summed E-state index contributed by atoms with van der Waals surface area (Å²) in [5.74, 6) is 4.95. The van der Waals surface area contributed by atoms with Gasteiger partial charge in [-0.3, -0.25) is 15.0 Å². The Labute approximate surface area is 214 Å². The first-order valence-electron chi connectivity index (χ1n) is 15.6. The predicted octanol–water partition coefficient (Wildman–Crippen LogP) is 6.02. The molecule has 5 nitrogen and oxygen atoms in total. The molecule has 0 aromatic heterocycles.